The zero-order valence-corrected chi connectivity index (χ0v) is 15.1. The molecule has 2 aromatic rings. The average molecular weight is 358 g/mol. The highest BCUT2D eigenvalue weighted by atomic mass is 35.5. The van der Waals surface area contributed by atoms with Crippen molar-refractivity contribution >= 4 is 41.7 Å². The van der Waals surface area contributed by atoms with Gasteiger partial charge in [0.05, 0.1) is 11.8 Å². The molecule has 4 rings (SSSR count). The van der Waals surface area contributed by atoms with Crippen LogP contribution in [0.15, 0.2) is 12.4 Å². The van der Waals surface area contributed by atoms with E-state index in [4.69, 9.17) is 4.98 Å². The molecule has 2 fully saturated rings. The number of aromatic nitrogens is 3. The Morgan fingerprint density at radius 3 is 2.52 bits per heavy atom. The molecule has 0 amide bonds. The minimum absolute atomic E-state index is 0. The van der Waals surface area contributed by atoms with E-state index in [2.05, 4.69) is 32.9 Å². The van der Waals surface area contributed by atoms with Crippen molar-refractivity contribution in [2.24, 2.45) is 7.05 Å². The van der Waals surface area contributed by atoms with Crippen molar-refractivity contribution in [3.63, 3.8) is 0 Å². The molecule has 1 N–H and O–H groups in total. The van der Waals surface area contributed by atoms with Gasteiger partial charge in [-0.1, -0.05) is 0 Å². The fourth-order valence-electron chi connectivity index (χ4n) is 3.61. The molecule has 0 spiro atoms. The maximum Gasteiger partial charge on any atom is 0.157 e. The van der Waals surface area contributed by atoms with Crippen LogP contribution in [0.4, 0.5) is 5.82 Å². The maximum absolute atomic E-state index is 5.04. The smallest absolute Gasteiger partial charge is 0.157 e. The van der Waals surface area contributed by atoms with E-state index in [1.807, 2.05) is 6.33 Å². The Morgan fingerprint density at radius 2 is 1.83 bits per heavy atom. The van der Waals surface area contributed by atoms with Gasteiger partial charge in [0, 0.05) is 31.7 Å². The number of pyridine rings is 1. The number of anilines is 1. The number of aryl methyl sites for hydroxylation is 1. The highest BCUT2D eigenvalue weighted by molar-refractivity contribution is 5.87. The predicted molar refractivity (Wildman–Crippen MR) is 99.3 cm³/mol. The zero-order chi connectivity index (χ0) is 14.2. The molecule has 0 unspecified atom stereocenters. The Kier molecular flexibility index (Phi) is 6.12. The van der Waals surface area contributed by atoms with E-state index in [0.717, 1.165) is 37.5 Å². The summed E-state index contributed by atoms with van der Waals surface area (Å²) in [4.78, 5) is 12.1. The van der Waals surface area contributed by atoms with Crippen LogP contribution in [0.3, 0.4) is 0 Å². The molecule has 128 valence electrons. The van der Waals surface area contributed by atoms with Crippen LogP contribution >= 0.6 is 24.8 Å². The Morgan fingerprint density at radius 1 is 1.13 bits per heavy atom. The number of nitrogens with one attached hydrogen (secondary N) is 1. The number of hydrogen-bond donors (Lipinski definition) is 1. The van der Waals surface area contributed by atoms with Crippen LogP contribution in [0, 0.1) is 0 Å². The molecule has 2 aliphatic rings. The molecule has 0 aliphatic carbocycles. The molecule has 2 aromatic heterocycles. The summed E-state index contributed by atoms with van der Waals surface area (Å²) in [5.41, 5.74) is 3.55. The molecule has 0 atom stereocenters. The number of fused-ring (bicyclic) bond motifs is 1. The van der Waals surface area contributed by atoms with E-state index in [-0.39, 0.29) is 24.8 Å². The molecule has 0 aromatic carbocycles. The van der Waals surface area contributed by atoms with Gasteiger partial charge in [0.25, 0.3) is 0 Å². The maximum atomic E-state index is 5.04. The molecule has 5 nitrogen and oxygen atoms in total. The number of imidazole rings is 1. The summed E-state index contributed by atoms with van der Waals surface area (Å²) in [5.74, 6) is 1.70. The first kappa shape index (κ1) is 18.3. The highest BCUT2D eigenvalue weighted by Gasteiger charge is 2.23. The van der Waals surface area contributed by atoms with Crippen LogP contribution in [0.1, 0.15) is 37.3 Å². The molecular weight excluding hydrogens is 333 g/mol. The first-order valence-electron chi connectivity index (χ1n) is 8.10. The van der Waals surface area contributed by atoms with Crippen LogP contribution in [-0.4, -0.2) is 40.7 Å². The van der Waals surface area contributed by atoms with Crippen LogP contribution < -0.4 is 10.2 Å². The van der Waals surface area contributed by atoms with Crippen molar-refractivity contribution in [3.8, 4) is 0 Å². The van der Waals surface area contributed by atoms with E-state index in [1.54, 1.807) is 0 Å². The standard InChI is InChI=1S/C16H23N5.2ClH/c1-20-11-18-15-14(20)10-13(12-4-6-17-7-5-12)19-16(15)21-8-2-3-9-21;;/h10-12,17H,2-9H2,1H3;2*1H. The Balaban J connectivity index is 0.000000960. The SMILES string of the molecule is Cl.Cl.Cn1cnc2c(N3CCCC3)nc(C3CCNCC3)cc21. The van der Waals surface area contributed by atoms with Crippen LogP contribution in [0.5, 0.6) is 0 Å². The summed E-state index contributed by atoms with van der Waals surface area (Å²) in [6.45, 7) is 4.45. The molecule has 23 heavy (non-hydrogen) atoms. The molecule has 4 heterocycles. The summed E-state index contributed by atoms with van der Waals surface area (Å²) in [7, 11) is 2.08. The third-order valence-electron chi connectivity index (χ3n) is 4.88. The minimum atomic E-state index is 0. The normalized spacial score (nSPS) is 18.7. The zero-order valence-electron chi connectivity index (χ0n) is 13.5. The number of halogens is 2. The number of hydrogen-bond acceptors (Lipinski definition) is 4. The molecule has 2 saturated heterocycles. The summed E-state index contributed by atoms with van der Waals surface area (Å²) in [6, 6.07) is 2.26. The van der Waals surface area contributed by atoms with Crippen LogP contribution in [0.2, 0.25) is 0 Å². The van der Waals surface area contributed by atoms with Gasteiger partial charge in [-0.05, 0) is 44.8 Å². The minimum Gasteiger partial charge on any atom is -0.355 e. The lowest BCUT2D eigenvalue weighted by molar-refractivity contribution is 0.453. The largest absolute Gasteiger partial charge is 0.355 e. The third kappa shape index (κ3) is 3.42. The lowest BCUT2D eigenvalue weighted by atomic mass is 9.94. The number of rotatable bonds is 2. The second-order valence-electron chi connectivity index (χ2n) is 6.31. The summed E-state index contributed by atoms with van der Waals surface area (Å²) >= 11 is 0. The van der Waals surface area contributed by atoms with Gasteiger partial charge < -0.3 is 14.8 Å². The first-order chi connectivity index (χ1) is 10.3. The first-order valence-corrected chi connectivity index (χ1v) is 8.10. The van der Waals surface area contributed by atoms with Crippen molar-refractivity contribution in [3.05, 3.63) is 18.1 Å². The second kappa shape index (κ2) is 7.69. The van der Waals surface area contributed by atoms with E-state index in [1.165, 1.54) is 36.9 Å². The molecule has 0 bridgehead atoms. The fourth-order valence-corrected chi connectivity index (χ4v) is 3.61. The third-order valence-corrected chi connectivity index (χ3v) is 4.88. The van der Waals surface area contributed by atoms with Crippen molar-refractivity contribution in [2.75, 3.05) is 31.1 Å². The summed E-state index contributed by atoms with van der Waals surface area (Å²) < 4.78 is 2.13. The fraction of sp³-hybridized carbons (Fsp3) is 0.625. The van der Waals surface area contributed by atoms with Gasteiger partial charge in [0.2, 0.25) is 0 Å². The summed E-state index contributed by atoms with van der Waals surface area (Å²) in [5, 5.41) is 3.44. The lowest BCUT2D eigenvalue weighted by Crippen LogP contribution is -2.27. The predicted octanol–water partition coefficient (Wildman–Crippen LogP) is 2.88. The Hall–Kier alpha value is -1.04. The molecule has 0 saturated carbocycles. The summed E-state index contributed by atoms with van der Waals surface area (Å²) in [6.07, 6.45) is 6.84. The van der Waals surface area contributed by atoms with E-state index >= 15 is 0 Å². The topological polar surface area (TPSA) is 46.0 Å². The van der Waals surface area contributed by atoms with Gasteiger partial charge in [0.15, 0.2) is 5.82 Å². The van der Waals surface area contributed by atoms with Crippen molar-refractivity contribution in [1.82, 2.24) is 19.9 Å². The van der Waals surface area contributed by atoms with Gasteiger partial charge >= 0.3 is 0 Å². The van der Waals surface area contributed by atoms with E-state index in [9.17, 15) is 0 Å². The van der Waals surface area contributed by atoms with Crippen LogP contribution in [0.25, 0.3) is 11.0 Å². The Labute approximate surface area is 149 Å². The number of piperidine rings is 1. The lowest BCUT2D eigenvalue weighted by Gasteiger charge is -2.24. The van der Waals surface area contributed by atoms with Gasteiger partial charge in [-0.25, -0.2) is 9.97 Å². The van der Waals surface area contributed by atoms with E-state index in [0.29, 0.717) is 5.92 Å². The molecule has 0 radical (unpaired) electrons. The van der Waals surface area contributed by atoms with Gasteiger partial charge in [-0.3, -0.25) is 0 Å². The van der Waals surface area contributed by atoms with Gasteiger partial charge in [0.1, 0.15) is 5.52 Å². The monoisotopic (exact) mass is 357 g/mol. The van der Waals surface area contributed by atoms with E-state index < -0.39 is 0 Å². The van der Waals surface area contributed by atoms with Crippen molar-refractivity contribution in [1.29, 1.82) is 0 Å². The Bertz CT molecular complexity index is 645. The van der Waals surface area contributed by atoms with Gasteiger partial charge in [-0.15, -0.1) is 24.8 Å². The highest BCUT2D eigenvalue weighted by Crippen LogP contribution is 2.32. The van der Waals surface area contributed by atoms with Crippen molar-refractivity contribution < 1.29 is 0 Å². The quantitative estimate of drug-likeness (QED) is 0.897. The average Bonchev–Trinajstić information content (AvgIpc) is 3.18. The second-order valence-corrected chi connectivity index (χ2v) is 6.31. The molecular formula is C16H25Cl2N5. The van der Waals surface area contributed by atoms with Gasteiger partial charge in [-0.2, -0.15) is 0 Å². The number of nitrogens with zero attached hydrogens (tertiary/aromatic N) is 4. The molecule has 2 aliphatic heterocycles. The van der Waals surface area contributed by atoms with Crippen LogP contribution in [-0.2, 0) is 7.05 Å². The molecule has 7 heteroatoms. The van der Waals surface area contributed by atoms with Crippen molar-refractivity contribution in [2.45, 2.75) is 31.6 Å².